The molecule has 0 saturated heterocycles. The van der Waals surface area contributed by atoms with Crippen molar-refractivity contribution in [1.82, 2.24) is 15.0 Å². The highest BCUT2D eigenvalue weighted by atomic mass is 32.2. The van der Waals surface area contributed by atoms with E-state index < -0.39 is 10.0 Å². The first kappa shape index (κ1) is 15.5. The number of aromatic amines is 1. The van der Waals surface area contributed by atoms with Gasteiger partial charge in [-0.3, -0.25) is 0 Å². The fraction of sp³-hybridized carbons (Fsp3) is 0.714. The molecule has 3 N–H and O–H groups in total. The highest BCUT2D eigenvalue weighted by molar-refractivity contribution is 7.89. The van der Waals surface area contributed by atoms with Crippen LogP contribution >= 0.6 is 0 Å². The summed E-state index contributed by atoms with van der Waals surface area (Å²) < 4.78 is 27.6. The molecular formula is C14H25N3O2S. The number of rotatable bonds is 5. The second-order valence-electron chi connectivity index (χ2n) is 5.82. The molecule has 0 aromatic carbocycles. The minimum atomic E-state index is -3.40. The van der Waals surface area contributed by atoms with Crippen molar-refractivity contribution in [2.45, 2.75) is 56.5 Å². The van der Waals surface area contributed by atoms with E-state index in [1.54, 1.807) is 12.3 Å². The summed E-state index contributed by atoms with van der Waals surface area (Å²) in [7, 11) is -1.57. The van der Waals surface area contributed by atoms with Crippen molar-refractivity contribution >= 4 is 10.0 Å². The summed E-state index contributed by atoms with van der Waals surface area (Å²) in [6.07, 6.45) is 6.85. The van der Waals surface area contributed by atoms with E-state index in [-0.39, 0.29) is 6.04 Å². The van der Waals surface area contributed by atoms with E-state index in [2.05, 4.69) is 21.9 Å². The Morgan fingerprint density at radius 1 is 1.30 bits per heavy atom. The molecular weight excluding hydrogens is 274 g/mol. The summed E-state index contributed by atoms with van der Waals surface area (Å²) in [5.74, 6) is 0.707. The summed E-state index contributed by atoms with van der Waals surface area (Å²) in [5.41, 5.74) is 0.877. The smallest absolute Gasteiger partial charge is 0.242 e. The Morgan fingerprint density at radius 2 is 2.10 bits per heavy atom. The first-order chi connectivity index (χ1) is 9.51. The van der Waals surface area contributed by atoms with E-state index in [9.17, 15) is 8.42 Å². The van der Waals surface area contributed by atoms with Gasteiger partial charge in [-0.15, -0.1) is 0 Å². The Kier molecular flexibility index (Phi) is 5.23. The zero-order chi connectivity index (χ0) is 14.6. The van der Waals surface area contributed by atoms with Crippen LogP contribution in [0.4, 0.5) is 0 Å². The van der Waals surface area contributed by atoms with Crippen LogP contribution in [0, 0.1) is 5.92 Å². The van der Waals surface area contributed by atoms with Crippen LogP contribution in [0.15, 0.2) is 17.2 Å². The van der Waals surface area contributed by atoms with Crippen LogP contribution in [0.25, 0.3) is 0 Å². The Hall–Kier alpha value is -0.850. The number of nitrogens with one attached hydrogen (secondary N) is 3. The van der Waals surface area contributed by atoms with Gasteiger partial charge in [0.2, 0.25) is 10.0 Å². The van der Waals surface area contributed by atoms with E-state index in [0.29, 0.717) is 17.4 Å². The van der Waals surface area contributed by atoms with Gasteiger partial charge >= 0.3 is 0 Å². The van der Waals surface area contributed by atoms with Crippen molar-refractivity contribution in [2.75, 3.05) is 7.05 Å². The molecule has 1 saturated carbocycles. The highest BCUT2D eigenvalue weighted by Crippen LogP contribution is 2.24. The monoisotopic (exact) mass is 299 g/mol. The van der Waals surface area contributed by atoms with E-state index >= 15 is 0 Å². The topological polar surface area (TPSA) is 74.0 Å². The number of sulfonamides is 1. The van der Waals surface area contributed by atoms with Gasteiger partial charge in [0.05, 0.1) is 4.90 Å². The molecule has 0 radical (unpaired) electrons. The Bertz CT molecular complexity index is 524. The van der Waals surface area contributed by atoms with Gasteiger partial charge in [-0.25, -0.2) is 13.1 Å². The van der Waals surface area contributed by atoms with E-state index in [0.717, 1.165) is 31.4 Å². The third kappa shape index (κ3) is 4.07. The number of hydrogen-bond acceptors (Lipinski definition) is 3. The third-order valence-electron chi connectivity index (χ3n) is 3.97. The molecule has 0 spiro atoms. The maximum Gasteiger partial charge on any atom is 0.242 e. The molecule has 1 aliphatic carbocycles. The van der Waals surface area contributed by atoms with Crippen LogP contribution in [0.1, 0.15) is 44.7 Å². The van der Waals surface area contributed by atoms with E-state index in [1.165, 1.54) is 6.42 Å². The van der Waals surface area contributed by atoms with Crippen LogP contribution in [0.2, 0.25) is 0 Å². The van der Waals surface area contributed by atoms with Crippen molar-refractivity contribution in [3.05, 3.63) is 18.0 Å². The average Bonchev–Trinajstić information content (AvgIpc) is 2.77. The van der Waals surface area contributed by atoms with Crippen LogP contribution in [0.3, 0.4) is 0 Å². The van der Waals surface area contributed by atoms with Crippen LogP contribution < -0.4 is 10.0 Å². The first-order valence-corrected chi connectivity index (χ1v) is 8.84. The van der Waals surface area contributed by atoms with Gasteiger partial charge in [-0.05, 0) is 38.3 Å². The first-order valence-electron chi connectivity index (χ1n) is 7.35. The van der Waals surface area contributed by atoms with Gasteiger partial charge < -0.3 is 10.3 Å². The van der Waals surface area contributed by atoms with Crippen molar-refractivity contribution < 1.29 is 8.42 Å². The van der Waals surface area contributed by atoms with Gasteiger partial charge in [-0.1, -0.05) is 19.8 Å². The normalized spacial score (nSPS) is 24.5. The maximum absolute atomic E-state index is 12.4. The molecule has 0 amide bonds. The summed E-state index contributed by atoms with van der Waals surface area (Å²) in [6.45, 7) is 2.88. The van der Waals surface area contributed by atoms with Crippen molar-refractivity contribution in [3.63, 3.8) is 0 Å². The Balaban J connectivity index is 2.02. The molecule has 5 nitrogen and oxygen atoms in total. The predicted octanol–water partition coefficient (Wildman–Crippen LogP) is 1.98. The molecule has 6 heteroatoms. The van der Waals surface area contributed by atoms with Crippen LogP contribution in [-0.2, 0) is 16.6 Å². The summed E-state index contributed by atoms with van der Waals surface area (Å²) in [6, 6.07) is 1.77. The molecule has 1 aliphatic rings. The SMILES string of the molecule is CNCc1cc(S(=O)(=O)NC2CCCC(C)CC2)c[nH]1. The number of hydrogen-bond donors (Lipinski definition) is 3. The minimum Gasteiger partial charge on any atom is -0.363 e. The molecule has 1 aromatic rings. The largest absolute Gasteiger partial charge is 0.363 e. The zero-order valence-corrected chi connectivity index (χ0v) is 13.1. The summed E-state index contributed by atoms with van der Waals surface area (Å²) in [5, 5.41) is 3.00. The fourth-order valence-corrected chi connectivity index (χ4v) is 4.08. The van der Waals surface area contributed by atoms with Gasteiger partial charge in [-0.2, -0.15) is 0 Å². The van der Waals surface area contributed by atoms with Crippen molar-refractivity contribution in [2.24, 2.45) is 5.92 Å². The molecule has 0 aliphatic heterocycles. The summed E-state index contributed by atoms with van der Waals surface area (Å²) in [4.78, 5) is 3.32. The second-order valence-corrected chi connectivity index (χ2v) is 7.54. The van der Waals surface area contributed by atoms with E-state index in [4.69, 9.17) is 0 Å². The summed E-state index contributed by atoms with van der Waals surface area (Å²) >= 11 is 0. The van der Waals surface area contributed by atoms with Crippen LogP contribution in [-0.4, -0.2) is 26.5 Å². The standard InChI is InChI=1S/C14H25N3O2S/c1-11-4-3-5-12(7-6-11)17-20(18,19)14-8-13(9-15-2)16-10-14/h8,10-12,15-17H,3-7,9H2,1-2H3. The third-order valence-corrected chi connectivity index (χ3v) is 5.47. The number of aromatic nitrogens is 1. The lowest BCUT2D eigenvalue weighted by atomic mass is 10.0. The van der Waals surface area contributed by atoms with Crippen LogP contribution in [0.5, 0.6) is 0 Å². The fourth-order valence-electron chi connectivity index (χ4n) is 2.76. The lowest BCUT2D eigenvalue weighted by Crippen LogP contribution is -2.34. The molecule has 2 rings (SSSR count). The van der Waals surface area contributed by atoms with Gasteiger partial charge in [0.15, 0.2) is 0 Å². The average molecular weight is 299 g/mol. The minimum absolute atomic E-state index is 0.0765. The second kappa shape index (κ2) is 6.74. The Labute approximate surface area is 121 Å². The molecule has 114 valence electrons. The quantitative estimate of drug-likeness (QED) is 0.728. The zero-order valence-electron chi connectivity index (χ0n) is 12.3. The molecule has 1 aromatic heterocycles. The van der Waals surface area contributed by atoms with E-state index in [1.807, 2.05) is 7.05 Å². The lowest BCUT2D eigenvalue weighted by molar-refractivity contribution is 0.484. The molecule has 1 heterocycles. The highest BCUT2D eigenvalue weighted by Gasteiger charge is 2.23. The van der Waals surface area contributed by atoms with Gasteiger partial charge in [0.1, 0.15) is 0 Å². The maximum atomic E-state index is 12.4. The van der Waals surface area contributed by atoms with Crippen molar-refractivity contribution in [3.8, 4) is 0 Å². The van der Waals surface area contributed by atoms with Crippen molar-refractivity contribution in [1.29, 1.82) is 0 Å². The molecule has 2 atom stereocenters. The molecule has 20 heavy (non-hydrogen) atoms. The predicted molar refractivity (Wildman–Crippen MR) is 79.9 cm³/mol. The molecule has 1 fully saturated rings. The van der Waals surface area contributed by atoms with Gasteiger partial charge in [0.25, 0.3) is 0 Å². The molecule has 0 bridgehead atoms. The Morgan fingerprint density at radius 3 is 2.85 bits per heavy atom. The molecule has 2 unspecified atom stereocenters. The van der Waals surface area contributed by atoms with Gasteiger partial charge in [0, 0.05) is 24.5 Å². The number of H-pyrrole nitrogens is 1. The lowest BCUT2D eigenvalue weighted by Gasteiger charge is -2.15.